The highest BCUT2D eigenvalue weighted by atomic mass is 16.5. The Morgan fingerprint density at radius 2 is 2.38 bits per heavy atom. The molecule has 0 saturated heterocycles. The first kappa shape index (κ1) is 11.9. The van der Waals surface area contributed by atoms with Gasteiger partial charge in [0, 0.05) is 6.54 Å². The Hall–Kier alpha value is -2.22. The SMILES string of the molecule is COC(=O)CCNc1cccc(C#N)c1N. The largest absolute Gasteiger partial charge is 0.469 e. The van der Waals surface area contributed by atoms with E-state index in [4.69, 9.17) is 11.0 Å². The number of nitrogen functional groups attached to an aromatic ring is 1. The number of carbonyl (C=O) groups is 1. The summed E-state index contributed by atoms with van der Waals surface area (Å²) in [5, 5.41) is 11.7. The van der Waals surface area contributed by atoms with Gasteiger partial charge < -0.3 is 15.8 Å². The van der Waals surface area contributed by atoms with E-state index >= 15 is 0 Å². The maximum absolute atomic E-state index is 10.9. The standard InChI is InChI=1S/C11H13N3O2/c1-16-10(15)5-6-14-9-4-2-3-8(7-12)11(9)13/h2-4,14H,5-6,13H2,1H3. The zero-order valence-electron chi connectivity index (χ0n) is 8.99. The van der Waals surface area contributed by atoms with Crippen molar-refractivity contribution in [1.82, 2.24) is 0 Å². The van der Waals surface area contributed by atoms with E-state index in [1.54, 1.807) is 18.2 Å². The molecule has 0 bridgehead atoms. The number of esters is 1. The summed E-state index contributed by atoms with van der Waals surface area (Å²) in [5.41, 5.74) is 7.22. The molecule has 3 N–H and O–H groups in total. The van der Waals surface area contributed by atoms with E-state index in [9.17, 15) is 4.79 Å². The average molecular weight is 219 g/mol. The summed E-state index contributed by atoms with van der Waals surface area (Å²) in [6.45, 7) is 0.422. The monoisotopic (exact) mass is 219 g/mol. The van der Waals surface area contributed by atoms with Crippen LogP contribution in [0.4, 0.5) is 11.4 Å². The maximum atomic E-state index is 10.9. The molecular weight excluding hydrogens is 206 g/mol. The molecule has 0 fully saturated rings. The number of carbonyl (C=O) groups excluding carboxylic acids is 1. The summed E-state index contributed by atoms with van der Waals surface area (Å²) in [5.74, 6) is -0.289. The molecule has 0 spiro atoms. The molecule has 5 heteroatoms. The summed E-state index contributed by atoms with van der Waals surface area (Å²) in [4.78, 5) is 10.9. The predicted octanol–water partition coefficient (Wildman–Crippen LogP) is 1.12. The molecule has 0 saturated carbocycles. The van der Waals surface area contributed by atoms with Crippen molar-refractivity contribution >= 4 is 17.3 Å². The van der Waals surface area contributed by atoms with Crippen molar-refractivity contribution in [1.29, 1.82) is 5.26 Å². The molecule has 0 heterocycles. The average Bonchev–Trinajstić information content (AvgIpc) is 2.31. The van der Waals surface area contributed by atoms with Gasteiger partial charge in [-0.15, -0.1) is 0 Å². The first-order valence-corrected chi connectivity index (χ1v) is 4.78. The minimum Gasteiger partial charge on any atom is -0.469 e. The van der Waals surface area contributed by atoms with Crippen LogP contribution in [0.25, 0.3) is 0 Å². The molecule has 0 radical (unpaired) electrons. The summed E-state index contributed by atoms with van der Waals surface area (Å²) in [6, 6.07) is 7.12. The number of anilines is 2. The predicted molar refractivity (Wildman–Crippen MR) is 60.7 cm³/mol. The third kappa shape index (κ3) is 2.89. The van der Waals surface area contributed by atoms with Gasteiger partial charge in [-0.25, -0.2) is 0 Å². The van der Waals surface area contributed by atoms with Crippen LogP contribution in [0.1, 0.15) is 12.0 Å². The fourth-order valence-electron chi connectivity index (χ4n) is 1.22. The van der Waals surface area contributed by atoms with Crippen molar-refractivity contribution in [2.45, 2.75) is 6.42 Å². The van der Waals surface area contributed by atoms with E-state index in [-0.39, 0.29) is 12.4 Å². The number of nitriles is 1. The Labute approximate surface area is 93.8 Å². The highest BCUT2D eigenvalue weighted by molar-refractivity contribution is 5.74. The zero-order valence-corrected chi connectivity index (χ0v) is 8.99. The van der Waals surface area contributed by atoms with Crippen LogP contribution in [0.3, 0.4) is 0 Å². The van der Waals surface area contributed by atoms with E-state index < -0.39 is 0 Å². The summed E-state index contributed by atoms with van der Waals surface area (Å²) in [6.07, 6.45) is 0.257. The molecule has 5 nitrogen and oxygen atoms in total. The van der Waals surface area contributed by atoms with Crippen molar-refractivity contribution in [3.8, 4) is 6.07 Å². The minimum absolute atomic E-state index is 0.257. The maximum Gasteiger partial charge on any atom is 0.307 e. The van der Waals surface area contributed by atoms with Crippen molar-refractivity contribution in [2.24, 2.45) is 0 Å². The lowest BCUT2D eigenvalue weighted by Crippen LogP contribution is -2.11. The van der Waals surface area contributed by atoms with Crippen molar-refractivity contribution < 1.29 is 9.53 Å². The van der Waals surface area contributed by atoms with Gasteiger partial charge in [-0.1, -0.05) is 6.07 Å². The molecule has 0 aliphatic carbocycles. The quantitative estimate of drug-likeness (QED) is 0.585. The van der Waals surface area contributed by atoms with Gasteiger partial charge in [0.1, 0.15) is 6.07 Å². The normalized spacial score (nSPS) is 9.25. The number of hydrogen-bond acceptors (Lipinski definition) is 5. The van der Waals surface area contributed by atoms with E-state index in [2.05, 4.69) is 10.1 Å². The molecular formula is C11H13N3O2. The van der Waals surface area contributed by atoms with Crippen molar-refractivity contribution in [3.05, 3.63) is 23.8 Å². The number of rotatable bonds is 4. The Bertz CT molecular complexity index is 424. The number of hydrogen-bond donors (Lipinski definition) is 2. The Morgan fingerprint density at radius 3 is 3.00 bits per heavy atom. The smallest absolute Gasteiger partial charge is 0.307 e. The van der Waals surface area contributed by atoms with Gasteiger partial charge in [0.05, 0.1) is 30.5 Å². The van der Waals surface area contributed by atoms with Gasteiger partial charge in [0.2, 0.25) is 0 Å². The van der Waals surface area contributed by atoms with E-state index in [0.717, 1.165) is 0 Å². The number of nitrogens with one attached hydrogen (secondary N) is 1. The van der Waals surface area contributed by atoms with E-state index in [0.29, 0.717) is 23.5 Å². The fourth-order valence-corrected chi connectivity index (χ4v) is 1.22. The third-order valence-corrected chi connectivity index (χ3v) is 2.10. The fraction of sp³-hybridized carbons (Fsp3) is 0.273. The lowest BCUT2D eigenvalue weighted by Gasteiger charge is -2.09. The lowest BCUT2D eigenvalue weighted by molar-refractivity contribution is -0.140. The van der Waals surface area contributed by atoms with Gasteiger partial charge in [-0.05, 0) is 12.1 Å². The van der Waals surface area contributed by atoms with Crippen LogP contribution in [0.15, 0.2) is 18.2 Å². The molecule has 0 aliphatic rings. The lowest BCUT2D eigenvalue weighted by atomic mass is 10.1. The molecule has 84 valence electrons. The number of methoxy groups -OCH3 is 1. The van der Waals surface area contributed by atoms with Crippen LogP contribution in [-0.4, -0.2) is 19.6 Å². The van der Waals surface area contributed by atoms with Gasteiger partial charge >= 0.3 is 5.97 Å². The summed E-state index contributed by atoms with van der Waals surface area (Å²) in [7, 11) is 1.34. The van der Waals surface area contributed by atoms with Crippen LogP contribution in [0.2, 0.25) is 0 Å². The van der Waals surface area contributed by atoms with E-state index in [1.807, 2.05) is 6.07 Å². The molecule has 0 aliphatic heterocycles. The van der Waals surface area contributed by atoms with Crippen molar-refractivity contribution in [2.75, 3.05) is 24.7 Å². The Kier molecular flexibility index (Phi) is 4.16. The third-order valence-electron chi connectivity index (χ3n) is 2.10. The molecule has 0 unspecified atom stereocenters. The number of nitrogens with zero attached hydrogens (tertiary/aromatic N) is 1. The zero-order chi connectivity index (χ0) is 12.0. The minimum atomic E-state index is -0.289. The second kappa shape index (κ2) is 5.61. The molecule has 1 aromatic carbocycles. The van der Waals surface area contributed by atoms with Crippen LogP contribution in [0, 0.1) is 11.3 Å². The van der Waals surface area contributed by atoms with Crippen LogP contribution in [0.5, 0.6) is 0 Å². The second-order valence-electron chi connectivity index (χ2n) is 3.13. The molecule has 1 rings (SSSR count). The number of para-hydroxylation sites is 1. The van der Waals surface area contributed by atoms with Crippen LogP contribution < -0.4 is 11.1 Å². The summed E-state index contributed by atoms with van der Waals surface area (Å²) >= 11 is 0. The molecule has 0 atom stereocenters. The molecule has 1 aromatic rings. The van der Waals surface area contributed by atoms with Crippen molar-refractivity contribution in [3.63, 3.8) is 0 Å². The number of ether oxygens (including phenoxy) is 1. The molecule has 0 amide bonds. The summed E-state index contributed by atoms with van der Waals surface area (Å²) < 4.78 is 4.50. The second-order valence-corrected chi connectivity index (χ2v) is 3.13. The highest BCUT2D eigenvalue weighted by Crippen LogP contribution is 2.21. The highest BCUT2D eigenvalue weighted by Gasteiger charge is 2.04. The van der Waals surface area contributed by atoms with Crippen LogP contribution >= 0.6 is 0 Å². The topological polar surface area (TPSA) is 88.1 Å². The van der Waals surface area contributed by atoms with Gasteiger partial charge in [0.15, 0.2) is 0 Å². The van der Waals surface area contributed by atoms with Crippen LogP contribution in [-0.2, 0) is 9.53 Å². The molecule has 0 aromatic heterocycles. The van der Waals surface area contributed by atoms with Gasteiger partial charge in [0.25, 0.3) is 0 Å². The first-order chi connectivity index (χ1) is 7.69. The Balaban J connectivity index is 2.61. The number of nitrogens with two attached hydrogens (primary N) is 1. The van der Waals surface area contributed by atoms with E-state index in [1.165, 1.54) is 7.11 Å². The van der Waals surface area contributed by atoms with Gasteiger partial charge in [-0.3, -0.25) is 4.79 Å². The number of benzene rings is 1. The van der Waals surface area contributed by atoms with Gasteiger partial charge in [-0.2, -0.15) is 5.26 Å². The first-order valence-electron chi connectivity index (χ1n) is 4.78. The Morgan fingerprint density at radius 1 is 1.62 bits per heavy atom. The molecule has 16 heavy (non-hydrogen) atoms.